The molecule has 6 N–H and O–H groups in total. The standard InChI is InChI=1S/C30H36N8O4/c1-2-32-28(41)25-23(39)24(40)29(42-25)38-17-34-22-26(36-30(37-27(22)38)35-20-13-14-31-15-20)33-16-21(18-9-5-3-6-10-18)19-11-7-4-8-12-19/h3-12,17,20-21,23-25,29,31,39-40H,2,13-16H2,1H3,(H,32,41)(H2,33,35,36,37)/t20?,23-,24+,25-,29+/m0/s1. The van der Waals surface area contributed by atoms with Gasteiger partial charge in [0.15, 0.2) is 29.3 Å². The summed E-state index contributed by atoms with van der Waals surface area (Å²) in [7, 11) is 0. The van der Waals surface area contributed by atoms with Crippen LogP contribution < -0.4 is 21.3 Å². The molecule has 4 aromatic rings. The predicted molar refractivity (Wildman–Crippen MR) is 158 cm³/mol. The monoisotopic (exact) mass is 572 g/mol. The molecule has 12 heteroatoms. The van der Waals surface area contributed by atoms with E-state index in [0.29, 0.717) is 36.0 Å². The second kappa shape index (κ2) is 12.4. The summed E-state index contributed by atoms with van der Waals surface area (Å²) < 4.78 is 7.43. The van der Waals surface area contributed by atoms with Gasteiger partial charge in [0.25, 0.3) is 5.91 Å². The minimum Gasteiger partial charge on any atom is -0.387 e. The number of nitrogens with one attached hydrogen (secondary N) is 4. The van der Waals surface area contributed by atoms with E-state index < -0.39 is 30.4 Å². The van der Waals surface area contributed by atoms with E-state index in [1.165, 1.54) is 6.33 Å². The van der Waals surface area contributed by atoms with Gasteiger partial charge in [-0.2, -0.15) is 9.97 Å². The lowest BCUT2D eigenvalue weighted by atomic mass is 9.91. The number of hydrogen-bond acceptors (Lipinski definition) is 10. The van der Waals surface area contributed by atoms with E-state index in [0.717, 1.165) is 30.6 Å². The molecule has 2 saturated heterocycles. The number of aromatic nitrogens is 4. The van der Waals surface area contributed by atoms with Gasteiger partial charge in [-0.15, -0.1) is 0 Å². The fraction of sp³-hybridized carbons (Fsp3) is 0.400. The van der Waals surface area contributed by atoms with Gasteiger partial charge in [-0.3, -0.25) is 9.36 Å². The van der Waals surface area contributed by atoms with Crippen LogP contribution in [0.4, 0.5) is 11.8 Å². The van der Waals surface area contributed by atoms with Gasteiger partial charge in [0, 0.05) is 31.6 Å². The van der Waals surface area contributed by atoms with Gasteiger partial charge in [0.2, 0.25) is 5.95 Å². The maximum absolute atomic E-state index is 12.5. The van der Waals surface area contributed by atoms with E-state index in [-0.39, 0.29) is 12.0 Å². The van der Waals surface area contributed by atoms with Crippen molar-refractivity contribution in [3.63, 3.8) is 0 Å². The van der Waals surface area contributed by atoms with Crippen LogP contribution in [0.15, 0.2) is 67.0 Å². The number of aliphatic hydroxyl groups excluding tert-OH is 2. The van der Waals surface area contributed by atoms with Gasteiger partial charge >= 0.3 is 0 Å². The number of aliphatic hydroxyl groups is 2. The minimum atomic E-state index is -1.40. The number of carbonyl (C=O) groups is 1. The van der Waals surface area contributed by atoms with E-state index in [1.54, 1.807) is 11.5 Å². The van der Waals surface area contributed by atoms with Crippen LogP contribution in [0.25, 0.3) is 11.2 Å². The summed E-state index contributed by atoms with van der Waals surface area (Å²) >= 11 is 0. The molecule has 0 spiro atoms. The number of rotatable bonds is 10. The van der Waals surface area contributed by atoms with Crippen molar-refractivity contribution in [2.75, 3.05) is 36.8 Å². The van der Waals surface area contributed by atoms with Crippen LogP contribution >= 0.6 is 0 Å². The molecule has 0 saturated carbocycles. The fourth-order valence-corrected chi connectivity index (χ4v) is 5.63. The first-order chi connectivity index (χ1) is 20.5. The molecule has 1 unspecified atom stereocenters. The summed E-state index contributed by atoms with van der Waals surface area (Å²) in [6.45, 7) is 4.38. The van der Waals surface area contributed by atoms with Crippen molar-refractivity contribution in [2.45, 2.75) is 49.8 Å². The van der Waals surface area contributed by atoms with Crippen LogP contribution in [-0.2, 0) is 9.53 Å². The lowest BCUT2D eigenvalue weighted by molar-refractivity contribution is -0.137. The molecule has 2 aromatic carbocycles. The summed E-state index contributed by atoms with van der Waals surface area (Å²) in [5.74, 6) is 0.488. The second-order valence-electron chi connectivity index (χ2n) is 10.6. The molecule has 2 aliphatic rings. The van der Waals surface area contributed by atoms with Gasteiger partial charge in [-0.05, 0) is 31.0 Å². The van der Waals surface area contributed by atoms with E-state index in [2.05, 4.69) is 50.5 Å². The number of imidazole rings is 1. The molecule has 2 fully saturated rings. The summed E-state index contributed by atoms with van der Waals surface area (Å²) in [5, 5.41) is 34.4. The molecule has 12 nitrogen and oxygen atoms in total. The summed E-state index contributed by atoms with van der Waals surface area (Å²) in [6.07, 6.45) is -2.63. The highest BCUT2D eigenvalue weighted by Gasteiger charge is 2.47. The first-order valence-electron chi connectivity index (χ1n) is 14.4. The molecule has 2 aliphatic heterocycles. The minimum absolute atomic E-state index is 0.0444. The highest BCUT2D eigenvalue weighted by atomic mass is 16.6. The molecule has 42 heavy (non-hydrogen) atoms. The van der Waals surface area contributed by atoms with Crippen LogP contribution in [0.2, 0.25) is 0 Å². The zero-order valence-corrected chi connectivity index (χ0v) is 23.4. The summed E-state index contributed by atoms with van der Waals surface area (Å²) in [6, 6.07) is 20.7. The number of ether oxygens (including phenoxy) is 1. The number of benzene rings is 2. The maximum Gasteiger partial charge on any atom is 0.252 e. The molecule has 1 amide bonds. The Hall–Kier alpha value is -4.10. The first-order valence-corrected chi connectivity index (χ1v) is 14.4. The Balaban J connectivity index is 1.35. The largest absolute Gasteiger partial charge is 0.387 e. The van der Waals surface area contributed by atoms with Gasteiger partial charge in [0.05, 0.1) is 6.33 Å². The normalized spacial score (nSPS) is 23.9. The average Bonchev–Trinajstić information content (AvgIpc) is 3.75. The third kappa shape index (κ3) is 5.66. The Morgan fingerprint density at radius 3 is 2.43 bits per heavy atom. The van der Waals surface area contributed by atoms with Gasteiger partial charge in [-0.1, -0.05) is 60.7 Å². The fourth-order valence-electron chi connectivity index (χ4n) is 5.63. The molecular formula is C30H36N8O4. The molecule has 220 valence electrons. The zero-order valence-electron chi connectivity index (χ0n) is 23.4. The topological polar surface area (TPSA) is 158 Å². The van der Waals surface area contributed by atoms with Crippen molar-refractivity contribution < 1.29 is 19.7 Å². The molecule has 2 aromatic heterocycles. The van der Waals surface area contributed by atoms with E-state index in [1.807, 2.05) is 36.4 Å². The van der Waals surface area contributed by atoms with Crippen LogP contribution in [0.1, 0.15) is 36.6 Å². The number of likely N-dealkylation sites (N-methyl/N-ethyl adjacent to an activating group) is 1. The summed E-state index contributed by atoms with van der Waals surface area (Å²) in [5.41, 5.74) is 3.21. The Kier molecular flexibility index (Phi) is 8.29. The SMILES string of the molecule is CCNC(=O)[C@H]1O[C@@H](n2cnc3c(NCC(c4ccccc4)c4ccccc4)nc(NC4CCNC4)nc32)[C@H](O)[C@@H]1O. The third-order valence-electron chi connectivity index (χ3n) is 7.81. The van der Waals surface area contributed by atoms with E-state index in [9.17, 15) is 15.0 Å². The van der Waals surface area contributed by atoms with Crippen LogP contribution in [0.5, 0.6) is 0 Å². The number of carbonyl (C=O) groups excluding carboxylic acids is 1. The lowest BCUT2D eigenvalue weighted by Crippen LogP contribution is -2.42. The predicted octanol–water partition coefficient (Wildman–Crippen LogP) is 1.60. The molecule has 6 rings (SSSR count). The second-order valence-corrected chi connectivity index (χ2v) is 10.6. The molecular weight excluding hydrogens is 536 g/mol. The van der Waals surface area contributed by atoms with Crippen molar-refractivity contribution in [1.82, 2.24) is 30.2 Å². The van der Waals surface area contributed by atoms with Crippen molar-refractivity contribution in [1.29, 1.82) is 0 Å². The maximum atomic E-state index is 12.5. The van der Waals surface area contributed by atoms with Crippen molar-refractivity contribution in [2.24, 2.45) is 0 Å². The van der Waals surface area contributed by atoms with E-state index >= 15 is 0 Å². The Morgan fingerprint density at radius 1 is 1.07 bits per heavy atom. The first kappa shape index (κ1) is 28.0. The Morgan fingerprint density at radius 2 is 1.79 bits per heavy atom. The van der Waals surface area contributed by atoms with Crippen LogP contribution in [0.3, 0.4) is 0 Å². The zero-order chi connectivity index (χ0) is 29.1. The quantitative estimate of drug-likeness (QED) is 0.165. The van der Waals surface area contributed by atoms with Crippen molar-refractivity contribution in [3.05, 3.63) is 78.1 Å². The van der Waals surface area contributed by atoms with Crippen LogP contribution in [0, 0.1) is 0 Å². The molecule has 0 aliphatic carbocycles. The van der Waals surface area contributed by atoms with Crippen molar-refractivity contribution >= 4 is 28.8 Å². The van der Waals surface area contributed by atoms with Crippen molar-refractivity contribution in [3.8, 4) is 0 Å². The van der Waals surface area contributed by atoms with Gasteiger partial charge in [-0.25, -0.2) is 4.98 Å². The van der Waals surface area contributed by atoms with Crippen LogP contribution in [-0.4, -0.2) is 86.2 Å². The Bertz CT molecular complexity index is 1460. The van der Waals surface area contributed by atoms with Gasteiger partial charge < -0.3 is 36.2 Å². The highest BCUT2D eigenvalue weighted by molar-refractivity contribution is 5.85. The number of anilines is 2. The average molecular weight is 573 g/mol. The number of hydrogen-bond donors (Lipinski definition) is 6. The third-order valence-corrected chi connectivity index (χ3v) is 7.81. The number of amides is 1. The lowest BCUT2D eigenvalue weighted by Gasteiger charge is -2.20. The molecule has 5 atom stereocenters. The van der Waals surface area contributed by atoms with Gasteiger partial charge in [0.1, 0.15) is 12.2 Å². The van der Waals surface area contributed by atoms with E-state index in [4.69, 9.17) is 14.7 Å². The smallest absolute Gasteiger partial charge is 0.252 e. The molecule has 4 heterocycles. The number of fused-ring (bicyclic) bond motifs is 1. The highest BCUT2D eigenvalue weighted by Crippen LogP contribution is 2.34. The molecule has 0 radical (unpaired) electrons. The molecule has 0 bridgehead atoms. The number of nitrogens with zero attached hydrogens (tertiary/aromatic N) is 4. The Labute approximate surface area is 243 Å². The summed E-state index contributed by atoms with van der Waals surface area (Å²) in [4.78, 5) is 26.6.